The summed E-state index contributed by atoms with van der Waals surface area (Å²) in [5.74, 6) is 0.598. The minimum absolute atomic E-state index is 0.0362. The lowest BCUT2D eigenvalue weighted by Crippen LogP contribution is -2.39. The lowest BCUT2D eigenvalue weighted by Gasteiger charge is -2.29. The third kappa shape index (κ3) is 3.67. The summed E-state index contributed by atoms with van der Waals surface area (Å²) in [6.07, 6.45) is 2.23. The Labute approximate surface area is 110 Å². The van der Waals surface area contributed by atoms with E-state index in [4.69, 9.17) is 4.74 Å². The van der Waals surface area contributed by atoms with Crippen molar-refractivity contribution >= 4 is 11.7 Å². The third-order valence-corrected chi connectivity index (χ3v) is 3.23. The van der Waals surface area contributed by atoms with Crippen LogP contribution in [-0.4, -0.2) is 30.5 Å². The van der Waals surface area contributed by atoms with Crippen LogP contribution in [0.1, 0.15) is 47.5 Å². The highest BCUT2D eigenvalue weighted by molar-refractivity contribution is 6.07. The molecule has 0 bridgehead atoms. The summed E-state index contributed by atoms with van der Waals surface area (Å²) in [4.78, 5) is 15.6. The number of dihydropyridines is 1. The Morgan fingerprint density at radius 3 is 2.67 bits per heavy atom. The molecule has 0 aliphatic carbocycles. The summed E-state index contributed by atoms with van der Waals surface area (Å²) in [6, 6.07) is 0.0485. The molecule has 1 aliphatic heterocycles. The van der Waals surface area contributed by atoms with E-state index in [9.17, 15) is 4.79 Å². The molecule has 1 amide bonds. The second-order valence-corrected chi connectivity index (χ2v) is 4.85. The smallest absolute Gasteiger partial charge is 0.222 e. The van der Waals surface area contributed by atoms with Gasteiger partial charge in [0.15, 0.2) is 0 Å². The van der Waals surface area contributed by atoms with Crippen molar-refractivity contribution in [3.8, 4) is 0 Å². The lowest BCUT2D eigenvalue weighted by atomic mass is 9.96. The fourth-order valence-electron chi connectivity index (χ4n) is 2.04. The molecule has 1 N–H and O–H groups in total. The van der Waals surface area contributed by atoms with Crippen molar-refractivity contribution in [1.29, 1.82) is 0 Å². The van der Waals surface area contributed by atoms with Crippen LogP contribution in [0.15, 0.2) is 16.1 Å². The average molecular weight is 252 g/mol. The summed E-state index contributed by atoms with van der Waals surface area (Å²) in [7, 11) is 0. The molecular weight excluding hydrogens is 228 g/mol. The van der Waals surface area contributed by atoms with E-state index in [0.29, 0.717) is 5.84 Å². The van der Waals surface area contributed by atoms with Crippen molar-refractivity contribution in [1.82, 2.24) is 5.32 Å². The molecule has 0 aromatic carbocycles. The third-order valence-electron chi connectivity index (χ3n) is 3.23. The van der Waals surface area contributed by atoms with Gasteiger partial charge in [0.2, 0.25) is 5.91 Å². The molecule has 0 saturated heterocycles. The molecule has 1 rings (SSSR count). The monoisotopic (exact) mass is 252 g/mol. The molecular formula is C14H24N2O2. The Hall–Kier alpha value is -1.16. The Bertz CT molecular complexity index is 372. The molecule has 0 radical (unpaired) electrons. The van der Waals surface area contributed by atoms with Gasteiger partial charge in [0.25, 0.3) is 0 Å². The van der Waals surface area contributed by atoms with Crippen molar-refractivity contribution in [3.63, 3.8) is 0 Å². The standard InChI is InChI=1S/C14H24N2O2/c1-6-7-8-18-13-9(2)10(3)14(15-11(13)4)16-12(5)17/h11,13H,6-8H2,1-5H3,(H,15,16,17). The minimum atomic E-state index is -0.0848. The number of nitrogens with zero attached hydrogens (tertiary/aromatic N) is 1. The van der Waals surface area contributed by atoms with E-state index in [1.54, 1.807) is 0 Å². The number of rotatable bonds is 4. The molecule has 0 spiro atoms. The number of hydrogen-bond donors (Lipinski definition) is 1. The zero-order valence-electron chi connectivity index (χ0n) is 12.0. The SMILES string of the molecule is CCCCOC1C(C)=C(C)C(NC(C)=O)=NC1C. The van der Waals surface area contributed by atoms with E-state index in [2.05, 4.69) is 24.2 Å². The molecule has 0 saturated carbocycles. The number of hydrogen-bond acceptors (Lipinski definition) is 3. The van der Waals surface area contributed by atoms with Crippen molar-refractivity contribution < 1.29 is 9.53 Å². The van der Waals surface area contributed by atoms with Gasteiger partial charge < -0.3 is 10.1 Å². The van der Waals surface area contributed by atoms with Gasteiger partial charge in [-0.05, 0) is 38.3 Å². The first-order chi connectivity index (χ1) is 8.47. The van der Waals surface area contributed by atoms with Crippen LogP contribution < -0.4 is 5.32 Å². The maximum atomic E-state index is 11.1. The van der Waals surface area contributed by atoms with Gasteiger partial charge in [-0.2, -0.15) is 0 Å². The quantitative estimate of drug-likeness (QED) is 0.781. The van der Waals surface area contributed by atoms with Crippen molar-refractivity contribution in [2.24, 2.45) is 4.99 Å². The summed E-state index contributed by atoms with van der Waals surface area (Å²) >= 11 is 0. The number of carbonyl (C=O) groups excluding carboxylic acids is 1. The first-order valence-electron chi connectivity index (χ1n) is 6.62. The molecule has 102 valence electrons. The first kappa shape index (κ1) is 14.9. The highest BCUT2D eigenvalue weighted by atomic mass is 16.5. The van der Waals surface area contributed by atoms with Gasteiger partial charge >= 0.3 is 0 Å². The average Bonchev–Trinajstić information content (AvgIpc) is 2.29. The van der Waals surface area contributed by atoms with E-state index in [1.807, 2.05) is 13.8 Å². The largest absolute Gasteiger partial charge is 0.372 e. The van der Waals surface area contributed by atoms with Crippen LogP contribution in [0.4, 0.5) is 0 Å². The molecule has 0 aromatic rings. The summed E-state index contributed by atoms with van der Waals surface area (Å²) in [5, 5.41) is 2.78. The number of unbranched alkanes of at least 4 members (excludes halogenated alkanes) is 1. The highest BCUT2D eigenvalue weighted by Gasteiger charge is 2.27. The van der Waals surface area contributed by atoms with Crippen LogP contribution in [0, 0.1) is 0 Å². The number of aliphatic imine (C=N–C) groups is 1. The number of amidine groups is 1. The van der Waals surface area contributed by atoms with Gasteiger partial charge in [-0.25, -0.2) is 0 Å². The van der Waals surface area contributed by atoms with Crippen molar-refractivity contribution in [3.05, 3.63) is 11.1 Å². The number of carbonyl (C=O) groups is 1. The molecule has 2 unspecified atom stereocenters. The molecule has 0 aromatic heterocycles. The maximum Gasteiger partial charge on any atom is 0.222 e. The molecule has 0 fully saturated rings. The first-order valence-corrected chi connectivity index (χ1v) is 6.62. The molecule has 2 atom stereocenters. The maximum absolute atomic E-state index is 11.1. The second-order valence-electron chi connectivity index (χ2n) is 4.85. The lowest BCUT2D eigenvalue weighted by molar-refractivity contribution is -0.117. The highest BCUT2D eigenvalue weighted by Crippen LogP contribution is 2.23. The summed E-state index contributed by atoms with van der Waals surface area (Å²) in [5.41, 5.74) is 2.18. The fourth-order valence-corrected chi connectivity index (χ4v) is 2.04. The zero-order chi connectivity index (χ0) is 13.7. The van der Waals surface area contributed by atoms with Crippen LogP contribution in [-0.2, 0) is 9.53 Å². The normalized spacial score (nSPS) is 23.9. The van der Waals surface area contributed by atoms with Crippen LogP contribution in [0.25, 0.3) is 0 Å². The van der Waals surface area contributed by atoms with E-state index in [0.717, 1.165) is 30.6 Å². The van der Waals surface area contributed by atoms with E-state index < -0.39 is 0 Å². The van der Waals surface area contributed by atoms with Crippen LogP contribution in [0.3, 0.4) is 0 Å². The van der Waals surface area contributed by atoms with E-state index in [-0.39, 0.29) is 18.1 Å². The van der Waals surface area contributed by atoms with Gasteiger partial charge in [-0.1, -0.05) is 13.3 Å². The number of amides is 1. The Balaban J connectivity index is 2.77. The number of ether oxygens (including phenoxy) is 1. The van der Waals surface area contributed by atoms with E-state index >= 15 is 0 Å². The van der Waals surface area contributed by atoms with Gasteiger partial charge in [0.1, 0.15) is 11.9 Å². The van der Waals surface area contributed by atoms with E-state index in [1.165, 1.54) is 6.92 Å². The Morgan fingerprint density at radius 2 is 2.11 bits per heavy atom. The summed E-state index contributed by atoms with van der Waals surface area (Å²) in [6.45, 7) is 10.5. The molecule has 1 heterocycles. The Kier molecular flexibility index (Phi) is 5.54. The fraction of sp³-hybridized carbons (Fsp3) is 0.714. The predicted octanol–water partition coefficient (Wildman–Crippen LogP) is 2.44. The number of nitrogens with one attached hydrogen (secondary N) is 1. The predicted molar refractivity (Wildman–Crippen MR) is 73.7 cm³/mol. The van der Waals surface area contributed by atoms with Gasteiger partial charge in [-0.15, -0.1) is 0 Å². The van der Waals surface area contributed by atoms with Crippen molar-refractivity contribution in [2.45, 2.75) is 59.6 Å². The molecule has 4 heteroatoms. The van der Waals surface area contributed by atoms with Gasteiger partial charge in [0.05, 0.1) is 6.04 Å². The molecule has 18 heavy (non-hydrogen) atoms. The minimum Gasteiger partial charge on any atom is -0.372 e. The zero-order valence-corrected chi connectivity index (χ0v) is 12.0. The van der Waals surface area contributed by atoms with Crippen LogP contribution in [0.5, 0.6) is 0 Å². The van der Waals surface area contributed by atoms with Gasteiger partial charge in [-0.3, -0.25) is 9.79 Å². The second kappa shape index (κ2) is 6.69. The summed E-state index contributed by atoms with van der Waals surface area (Å²) < 4.78 is 5.89. The Morgan fingerprint density at radius 1 is 1.44 bits per heavy atom. The van der Waals surface area contributed by atoms with Crippen LogP contribution >= 0.6 is 0 Å². The van der Waals surface area contributed by atoms with Gasteiger partial charge in [0, 0.05) is 13.5 Å². The topological polar surface area (TPSA) is 50.7 Å². The molecule has 1 aliphatic rings. The van der Waals surface area contributed by atoms with Crippen LogP contribution in [0.2, 0.25) is 0 Å². The molecule has 4 nitrogen and oxygen atoms in total. The van der Waals surface area contributed by atoms with Crippen molar-refractivity contribution in [2.75, 3.05) is 6.61 Å².